The molecule has 0 fully saturated rings. The van der Waals surface area contributed by atoms with Crippen molar-refractivity contribution in [3.63, 3.8) is 0 Å². The quantitative estimate of drug-likeness (QED) is 0.132. The van der Waals surface area contributed by atoms with Crippen LogP contribution in [0.5, 0.6) is 5.88 Å². The number of carbonyl (C=O) groups excluding carboxylic acids is 2. The molecule has 4 aromatic rings. The third kappa shape index (κ3) is 8.41. The molecular formula is C28H22F5N6O5S-. The van der Waals surface area contributed by atoms with Crippen LogP contribution < -0.4 is 20.7 Å². The molecule has 0 spiro atoms. The summed E-state index contributed by atoms with van der Waals surface area (Å²) in [4.78, 5) is 32.5. The second-order valence-corrected chi connectivity index (χ2v) is 9.93. The molecule has 3 aromatic carbocycles. The first-order chi connectivity index (χ1) is 21.4. The number of carbonyl (C=O) groups is 2. The SMILES string of the molecule is CCOC(=O)N=[S-](=O)c1cccc(Nc2ncc(-c3ccc(NC(=O)Nc4cc(C(F)(F)F)ccc4F)c(F)c3)c(OC)n2)c1. The molecule has 0 unspecified atom stereocenters. The van der Waals surface area contributed by atoms with E-state index in [9.17, 15) is 35.8 Å². The number of anilines is 4. The first-order valence-electron chi connectivity index (χ1n) is 12.7. The van der Waals surface area contributed by atoms with E-state index in [2.05, 4.69) is 29.7 Å². The number of urea groups is 1. The van der Waals surface area contributed by atoms with Crippen LogP contribution >= 0.6 is 0 Å². The van der Waals surface area contributed by atoms with Gasteiger partial charge in [-0.15, -0.1) is 10.6 Å². The topological polar surface area (TPSA) is 144 Å². The van der Waals surface area contributed by atoms with E-state index in [1.807, 2.05) is 5.32 Å². The molecule has 0 saturated carbocycles. The van der Waals surface area contributed by atoms with E-state index in [1.165, 1.54) is 37.6 Å². The van der Waals surface area contributed by atoms with E-state index < -0.39 is 51.8 Å². The zero-order chi connectivity index (χ0) is 32.7. The van der Waals surface area contributed by atoms with E-state index in [0.29, 0.717) is 23.9 Å². The average Bonchev–Trinajstić information content (AvgIpc) is 2.99. The highest BCUT2D eigenvalue weighted by Gasteiger charge is 2.31. The van der Waals surface area contributed by atoms with Crippen molar-refractivity contribution in [3.05, 3.63) is 84.1 Å². The number of halogens is 5. The Morgan fingerprint density at radius 1 is 0.978 bits per heavy atom. The lowest BCUT2D eigenvalue weighted by Crippen LogP contribution is -2.21. The van der Waals surface area contributed by atoms with Gasteiger partial charge < -0.3 is 29.6 Å². The number of alkyl halides is 3. The molecule has 236 valence electrons. The Hall–Kier alpha value is -5.32. The summed E-state index contributed by atoms with van der Waals surface area (Å²) in [6.07, 6.45) is -4.40. The Labute approximate surface area is 254 Å². The number of methoxy groups -OCH3 is 1. The lowest BCUT2D eigenvalue weighted by Gasteiger charge is -2.14. The number of nitrogens with zero attached hydrogens (tertiary/aromatic N) is 3. The maximum absolute atomic E-state index is 14.9. The van der Waals surface area contributed by atoms with Gasteiger partial charge in [-0.3, -0.25) is 4.36 Å². The van der Waals surface area contributed by atoms with Gasteiger partial charge in [0.05, 0.1) is 36.2 Å². The summed E-state index contributed by atoms with van der Waals surface area (Å²) in [7, 11) is -0.701. The summed E-state index contributed by atoms with van der Waals surface area (Å²) in [5.41, 5.74) is -1.38. The second kappa shape index (κ2) is 14.0. The maximum atomic E-state index is 14.9. The van der Waals surface area contributed by atoms with Gasteiger partial charge in [-0.2, -0.15) is 18.2 Å². The van der Waals surface area contributed by atoms with Gasteiger partial charge in [-0.25, -0.2) is 23.4 Å². The van der Waals surface area contributed by atoms with Crippen molar-refractivity contribution in [3.8, 4) is 17.0 Å². The Bertz CT molecular complexity index is 1830. The van der Waals surface area contributed by atoms with E-state index in [1.54, 1.807) is 19.1 Å². The van der Waals surface area contributed by atoms with Crippen molar-refractivity contribution in [1.29, 1.82) is 0 Å². The van der Waals surface area contributed by atoms with Crippen molar-refractivity contribution >= 4 is 45.7 Å². The van der Waals surface area contributed by atoms with Crippen LogP contribution in [0.2, 0.25) is 0 Å². The fourth-order valence-electron chi connectivity index (χ4n) is 3.72. The van der Waals surface area contributed by atoms with Crippen molar-refractivity contribution < 1.29 is 45.2 Å². The average molecular weight is 650 g/mol. The van der Waals surface area contributed by atoms with Gasteiger partial charge in [0.15, 0.2) is 0 Å². The van der Waals surface area contributed by atoms with Crippen LogP contribution in [0.4, 0.5) is 54.6 Å². The number of aromatic nitrogens is 2. The van der Waals surface area contributed by atoms with Crippen LogP contribution in [0.3, 0.4) is 0 Å². The second-order valence-electron chi connectivity index (χ2n) is 8.77. The number of hydrogen-bond donors (Lipinski definition) is 3. The predicted molar refractivity (Wildman–Crippen MR) is 154 cm³/mol. The minimum absolute atomic E-state index is 0.0300. The monoisotopic (exact) mass is 649 g/mol. The van der Waals surface area contributed by atoms with Crippen LogP contribution in [0.15, 0.2) is 76.1 Å². The molecule has 17 heteroatoms. The molecule has 0 bridgehead atoms. The molecule has 4 rings (SSSR count). The first kappa shape index (κ1) is 32.6. The van der Waals surface area contributed by atoms with Gasteiger partial charge in [0, 0.05) is 11.9 Å². The fraction of sp³-hybridized carbons (Fsp3) is 0.143. The van der Waals surface area contributed by atoms with Crippen molar-refractivity contribution in [2.45, 2.75) is 18.0 Å². The number of ether oxygens (including phenoxy) is 2. The first-order valence-corrected chi connectivity index (χ1v) is 13.8. The van der Waals surface area contributed by atoms with Crippen molar-refractivity contribution in [1.82, 2.24) is 9.97 Å². The lowest BCUT2D eigenvalue weighted by molar-refractivity contribution is -0.137. The zero-order valence-electron chi connectivity index (χ0n) is 23.2. The summed E-state index contributed by atoms with van der Waals surface area (Å²) in [6.45, 7) is 1.67. The molecule has 1 aromatic heterocycles. The summed E-state index contributed by atoms with van der Waals surface area (Å²) >= 11 is 0. The van der Waals surface area contributed by atoms with E-state index in [-0.39, 0.29) is 40.1 Å². The standard InChI is InChI=1S/C28H22F5N6O5S/c1-3-44-27(41)39-45(42)18-6-4-5-17(13-18)35-25-34-14-19(24(38-25)43-2)15-7-10-22(21(30)11-15)36-26(40)37-23-12-16(28(31,32)33)8-9-20(23)29/h4-14H,3H2,1-2H3,(H,34,35,38)(H2,36,37,40)/q-1. The van der Waals surface area contributed by atoms with Gasteiger partial charge in [0.1, 0.15) is 11.6 Å². The highest BCUT2D eigenvalue weighted by Crippen LogP contribution is 2.33. The van der Waals surface area contributed by atoms with E-state index in [4.69, 9.17) is 4.74 Å². The number of rotatable bonds is 8. The van der Waals surface area contributed by atoms with Crippen LogP contribution in [-0.2, 0) is 25.7 Å². The predicted octanol–water partition coefficient (Wildman–Crippen LogP) is 7.50. The molecule has 0 radical (unpaired) electrons. The molecule has 0 aliphatic heterocycles. The number of nitrogens with one attached hydrogen (secondary N) is 3. The normalized spacial score (nSPS) is 11.9. The van der Waals surface area contributed by atoms with Crippen LogP contribution in [0.25, 0.3) is 11.1 Å². The van der Waals surface area contributed by atoms with E-state index in [0.717, 1.165) is 6.07 Å². The van der Waals surface area contributed by atoms with Gasteiger partial charge in [-0.05, 0) is 48.9 Å². The van der Waals surface area contributed by atoms with Gasteiger partial charge in [0.2, 0.25) is 11.8 Å². The summed E-state index contributed by atoms with van der Waals surface area (Å²) < 4.78 is 93.5. The van der Waals surface area contributed by atoms with Gasteiger partial charge in [-0.1, -0.05) is 29.2 Å². The van der Waals surface area contributed by atoms with Crippen LogP contribution in [-0.4, -0.2) is 35.8 Å². The van der Waals surface area contributed by atoms with Crippen molar-refractivity contribution in [2.24, 2.45) is 4.36 Å². The smallest absolute Gasteiger partial charge is 0.416 e. The molecule has 45 heavy (non-hydrogen) atoms. The minimum atomic E-state index is -4.77. The molecule has 0 saturated heterocycles. The molecule has 0 atom stereocenters. The Morgan fingerprint density at radius 3 is 2.42 bits per heavy atom. The van der Waals surface area contributed by atoms with Crippen molar-refractivity contribution in [2.75, 3.05) is 29.7 Å². The Balaban J connectivity index is 1.49. The highest BCUT2D eigenvalue weighted by molar-refractivity contribution is 7.75. The maximum Gasteiger partial charge on any atom is 0.416 e. The summed E-state index contributed by atoms with van der Waals surface area (Å²) in [5.74, 6) is -1.97. The summed E-state index contributed by atoms with van der Waals surface area (Å²) in [6, 6.07) is 10.0. The molecule has 3 N–H and O–H groups in total. The fourth-order valence-corrected chi connectivity index (χ4v) is 4.44. The van der Waals surface area contributed by atoms with Gasteiger partial charge >= 0.3 is 18.3 Å². The lowest BCUT2D eigenvalue weighted by atomic mass is 10.1. The number of benzene rings is 3. The van der Waals surface area contributed by atoms with Crippen LogP contribution in [0.1, 0.15) is 12.5 Å². The Kier molecular flexibility index (Phi) is 10.1. The zero-order valence-corrected chi connectivity index (χ0v) is 24.1. The van der Waals surface area contributed by atoms with Gasteiger partial charge in [0.25, 0.3) is 0 Å². The summed E-state index contributed by atoms with van der Waals surface area (Å²) in [5, 5.41) is 6.94. The van der Waals surface area contributed by atoms with Crippen LogP contribution in [0, 0.1) is 11.6 Å². The largest absolute Gasteiger partial charge is 0.480 e. The third-order valence-electron chi connectivity index (χ3n) is 5.73. The molecule has 0 aliphatic carbocycles. The minimum Gasteiger partial charge on any atom is -0.480 e. The molecule has 0 aliphatic rings. The Morgan fingerprint density at radius 2 is 1.73 bits per heavy atom. The molecule has 3 amide bonds. The van der Waals surface area contributed by atoms with E-state index >= 15 is 0 Å². The molecule has 1 heterocycles. The number of hydrogen-bond acceptors (Lipinski definition) is 9. The highest BCUT2D eigenvalue weighted by atomic mass is 32.2. The number of amides is 3. The third-order valence-corrected chi connectivity index (χ3v) is 6.71. The molecular weight excluding hydrogens is 627 g/mol. The molecule has 11 nitrogen and oxygen atoms in total.